The van der Waals surface area contributed by atoms with E-state index in [0.717, 1.165) is 35.8 Å². The number of hydrogen-bond acceptors (Lipinski definition) is 3. The van der Waals surface area contributed by atoms with Gasteiger partial charge in [-0.15, -0.1) is 24.0 Å². The lowest BCUT2D eigenvalue weighted by atomic mass is 10.1. The largest absolute Gasteiger partial charge is 0.488 e. The van der Waals surface area contributed by atoms with Crippen molar-refractivity contribution in [3.05, 3.63) is 59.7 Å². The number of nitrogens with one attached hydrogen (secondary N) is 3. The predicted octanol–water partition coefficient (Wildman–Crippen LogP) is 3.71. The number of halogens is 1. The normalized spacial score (nSPS) is 15.0. The first-order valence-corrected chi connectivity index (χ1v) is 9.75. The zero-order valence-corrected chi connectivity index (χ0v) is 19.2. The summed E-state index contributed by atoms with van der Waals surface area (Å²) in [5, 5.41) is 9.56. The number of benzene rings is 2. The van der Waals surface area contributed by atoms with Crippen LogP contribution in [0.15, 0.2) is 53.5 Å². The topological polar surface area (TPSA) is 74.8 Å². The second-order valence-electron chi connectivity index (χ2n) is 6.86. The van der Waals surface area contributed by atoms with Gasteiger partial charge in [-0.1, -0.05) is 37.3 Å². The molecule has 6 nitrogen and oxygen atoms in total. The van der Waals surface area contributed by atoms with Crippen molar-refractivity contribution in [1.82, 2.24) is 10.6 Å². The summed E-state index contributed by atoms with van der Waals surface area (Å²) in [5.74, 6) is 1.74. The van der Waals surface area contributed by atoms with Crippen LogP contribution in [0.1, 0.15) is 30.9 Å². The molecule has 0 aliphatic carbocycles. The summed E-state index contributed by atoms with van der Waals surface area (Å²) in [6, 6.07) is 16.0. The van der Waals surface area contributed by atoms with E-state index in [2.05, 4.69) is 27.0 Å². The van der Waals surface area contributed by atoms with Gasteiger partial charge in [-0.2, -0.15) is 0 Å². The Balaban J connectivity index is 0.00000300. The molecule has 3 rings (SSSR count). The lowest BCUT2D eigenvalue weighted by Crippen LogP contribution is -2.41. The molecule has 29 heavy (non-hydrogen) atoms. The van der Waals surface area contributed by atoms with Crippen LogP contribution in [0.2, 0.25) is 0 Å². The standard InChI is InChI=1S/C22H28N4O2.HI/c1-3-7-21(27)26-18-10-6-8-16(12-18)14-24-22(23-2)25-15-19-13-17-9-4-5-11-20(17)28-19;/h4-6,8-12,19H,3,7,13-15H2,1-2H3,(H,26,27)(H2,23,24,25);1H. The van der Waals surface area contributed by atoms with E-state index in [9.17, 15) is 4.79 Å². The maximum atomic E-state index is 11.8. The van der Waals surface area contributed by atoms with E-state index in [1.54, 1.807) is 7.05 Å². The minimum absolute atomic E-state index is 0. The van der Waals surface area contributed by atoms with Gasteiger partial charge in [0, 0.05) is 32.1 Å². The predicted molar refractivity (Wildman–Crippen MR) is 128 cm³/mol. The number of anilines is 1. The van der Waals surface area contributed by atoms with Gasteiger partial charge < -0.3 is 20.7 Å². The van der Waals surface area contributed by atoms with Gasteiger partial charge in [-0.25, -0.2) is 0 Å². The van der Waals surface area contributed by atoms with E-state index in [4.69, 9.17) is 4.74 Å². The quantitative estimate of drug-likeness (QED) is 0.303. The summed E-state index contributed by atoms with van der Waals surface area (Å²) in [4.78, 5) is 16.0. The van der Waals surface area contributed by atoms with Crippen molar-refractivity contribution in [3.63, 3.8) is 0 Å². The highest BCUT2D eigenvalue weighted by Gasteiger charge is 2.22. The number of amides is 1. The highest BCUT2D eigenvalue weighted by Crippen LogP contribution is 2.27. The average molecular weight is 508 g/mol. The Hall–Kier alpha value is -2.29. The van der Waals surface area contributed by atoms with Gasteiger partial charge in [-0.05, 0) is 35.7 Å². The number of rotatable bonds is 7. The van der Waals surface area contributed by atoms with E-state index in [1.165, 1.54) is 5.56 Å². The van der Waals surface area contributed by atoms with Crippen molar-refractivity contribution in [2.24, 2.45) is 4.99 Å². The number of hydrogen-bond donors (Lipinski definition) is 3. The van der Waals surface area contributed by atoms with Crippen LogP contribution in [0.25, 0.3) is 0 Å². The molecule has 2 aromatic rings. The van der Waals surface area contributed by atoms with Gasteiger partial charge >= 0.3 is 0 Å². The van der Waals surface area contributed by atoms with Crippen LogP contribution in [0, 0.1) is 0 Å². The molecule has 1 atom stereocenters. The molecule has 0 fully saturated rings. The highest BCUT2D eigenvalue weighted by atomic mass is 127. The first-order valence-electron chi connectivity index (χ1n) is 9.75. The molecular formula is C22H29IN4O2. The maximum Gasteiger partial charge on any atom is 0.224 e. The summed E-state index contributed by atoms with van der Waals surface area (Å²) in [7, 11) is 1.75. The molecule has 0 saturated carbocycles. The van der Waals surface area contributed by atoms with Crippen molar-refractivity contribution >= 4 is 41.5 Å². The molecule has 7 heteroatoms. The minimum atomic E-state index is 0. The molecule has 3 N–H and O–H groups in total. The van der Waals surface area contributed by atoms with E-state index >= 15 is 0 Å². The lowest BCUT2D eigenvalue weighted by Gasteiger charge is -2.16. The second-order valence-corrected chi connectivity index (χ2v) is 6.86. The molecule has 1 amide bonds. The zero-order valence-electron chi connectivity index (χ0n) is 16.9. The molecule has 1 aliphatic heterocycles. The van der Waals surface area contributed by atoms with Crippen LogP contribution >= 0.6 is 24.0 Å². The number of fused-ring (bicyclic) bond motifs is 1. The van der Waals surface area contributed by atoms with Gasteiger partial charge in [0.1, 0.15) is 11.9 Å². The fourth-order valence-corrected chi connectivity index (χ4v) is 3.19. The number of aliphatic imine (C=N–C) groups is 1. The lowest BCUT2D eigenvalue weighted by molar-refractivity contribution is -0.116. The molecule has 2 aromatic carbocycles. The molecule has 156 valence electrons. The molecule has 0 saturated heterocycles. The van der Waals surface area contributed by atoms with Crippen LogP contribution in [0.3, 0.4) is 0 Å². The van der Waals surface area contributed by atoms with Gasteiger partial charge in [0.2, 0.25) is 5.91 Å². The Labute approximate surface area is 189 Å². The van der Waals surface area contributed by atoms with Gasteiger partial charge in [0.05, 0.1) is 6.54 Å². The number of carbonyl (C=O) groups excluding carboxylic acids is 1. The Morgan fingerprint density at radius 1 is 1.17 bits per heavy atom. The number of nitrogens with zero attached hydrogens (tertiary/aromatic N) is 1. The molecule has 0 aromatic heterocycles. The van der Waals surface area contributed by atoms with Crippen molar-refractivity contribution < 1.29 is 9.53 Å². The summed E-state index contributed by atoms with van der Waals surface area (Å²) in [5.41, 5.74) is 3.14. The Morgan fingerprint density at radius 2 is 2.00 bits per heavy atom. The van der Waals surface area contributed by atoms with Crippen LogP contribution in [0.4, 0.5) is 5.69 Å². The third-order valence-corrected chi connectivity index (χ3v) is 4.58. The summed E-state index contributed by atoms with van der Waals surface area (Å²) >= 11 is 0. The third-order valence-electron chi connectivity index (χ3n) is 4.58. The maximum absolute atomic E-state index is 11.8. The smallest absolute Gasteiger partial charge is 0.224 e. The average Bonchev–Trinajstić information content (AvgIpc) is 3.11. The van der Waals surface area contributed by atoms with Crippen LogP contribution < -0.4 is 20.7 Å². The van der Waals surface area contributed by atoms with E-state index < -0.39 is 0 Å². The SMILES string of the molecule is CCCC(=O)Nc1cccc(CNC(=NC)NCC2Cc3ccccc3O2)c1.I. The van der Waals surface area contributed by atoms with Crippen LogP contribution in [-0.4, -0.2) is 31.6 Å². The Morgan fingerprint density at radius 3 is 2.76 bits per heavy atom. The molecule has 0 bridgehead atoms. The summed E-state index contributed by atoms with van der Waals surface area (Å²) in [6.45, 7) is 3.29. The molecule has 1 aliphatic rings. The number of ether oxygens (including phenoxy) is 1. The Kier molecular flexibility index (Phi) is 9.24. The zero-order chi connectivity index (χ0) is 19.8. The molecule has 1 heterocycles. The second kappa shape index (κ2) is 11.6. The minimum Gasteiger partial charge on any atom is -0.488 e. The van der Waals surface area contributed by atoms with E-state index in [0.29, 0.717) is 19.5 Å². The van der Waals surface area contributed by atoms with Gasteiger partial charge in [0.15, 0.2) is 5.96 Å². The number of guanidine groups is 1. The van der Waals surface area contributed by atoms with Crippen molar-refractivity contribution in [1.29, 1.82) is 0 Å². The number of para-hydroxylation sites is 1. The molecule has 0 radical (unpaired) electrons. The fourth-order valence-electron chi connectivity index (χ4n) is 3.19. The van der Waals surface area contributed by atoms with Crippen LogP contribution in [-0.2, 0) is 17.8 Å². The third kappa shape index (κ3) is 6.92. The fraction of sp³-hybridized carbons (Fsp3) is 0.364. The molecule has 0 spiro atoms. The van der Waals surface area contributed by atoms with Crippen molar-refractivity contribution in [2.75, 3.05) is 18.9 Å². The molecule has 1 unspecified atom stereocenters. The summed E-state index contributed by atoms with van der Waals surface area (Å²) < 4.78 is 5.95. The van der Waals surface area contributed by atoms with E-state index in [-0.39, 0.29) is 36.0 Å². The van der Waals surface area contributed by atoms with Crippen molar-refractivity contribution in [2.45, 2.75) is 38.8 Å². The van der Waals surface area contributed by atoms with Crippen molar-refractivity contribution in [3.8, 4) is 5.75 Å². The van der Waals surface area contributed by atoms with Crippen LogP contribution in [0.5, 0.6) is 5.75 Å². The monoisotopic (exact) mass is 508 g/mol. The highest BCUT2D eigenvalue weighted by molar-refractivity contribution is 14.0. The van der Waals surface area contributed by atoms with Gasteiger partial charge in [-0.3, -0.25) is 9.79 Å². The summed E-state index contributed by atoms with van der Waals surface area (Å²) in [6.07, 6.45) is 2.38. The first kappa shape index (κ1) is 23.0. The number of carbonyl (C=O) groups is 1. The van der Waals surface area contributed by atoms with Gasteiger partial charge in [0.25, 0.3) is 0 Å². The Bertz CT molecular complexity index is 816. The first-order chi connectivity index (χ1) is 13.7. The molecular weight excluding hydrogens is 479 g/mol. The van der Waals surface area contributed by atoms with E-state index in [1.807, 2.05) is 49.4 Å².